The first-order valence-electron chi connectivity index (χ1n) is 8.09. The summed E-state index contributed by atoms with van der Waals surface area (Å²) in [5.74, 6) is -0.539. The van der Waals surface area contributed by atoms with Crippen LogP contribution in [0.15, 0.2) is 53.0 Å². The summed E-state index contributed by atoms with van der Waals surface area (Å²) >= 11 is 3.43. The molecule has 3 rings (SSSR count). The maximum absolute atomic E-state index is 13.1. The zero-order chi connectivity index (χ0) is 18.8. The summed E-state index contributed by atoms with van der Waals surface area (Å²) in [7, 11) is 1.70. The Labute approximate surface area is 159 Å². The van der Waals surface area contributed by atoms with E-state index in [9.17, 15) is 9.18 Å². The lowest BCUT2D eigenvalue weighted by Crippen LogP contribution is -2.30. The molecule has 0 aliphatic carbocycles. The van der Waals surface area contributed by atoms with Crippen molar-refractivity contribution in [1.82, 2.24) is 19.9 Å². The standard InChI is InChI=1S/C19H18BrFN4O/c1-12(14-7-9-16(21)10-8-14)24(3)19(26)18-13(2)25(23-22-18)17-6-4-5-15(20)11-17/h4-12H,1-3H3. The molecule has 5 nitrogen and oxygen atoms in total. The Morgan fingerprint density at radius 1 is 1.23 bits per heavy atom. The Hall–Kier alpha value is -2.54. The topological polar surface area (TPSA) is 51.0 Å². The van der Waals surface area contributed by atoms with Gasteiger partial charge in [-0.3, -0.25) is 4.79 Å². The normalized spacial score (nSPS) is 12.0. The third-order valence-electron chi connectivity index (χ3n) is 4.40. The lowest BCUT2D eigenvalue weighted by molar-refractivity contribution is 0.0736. The van der Waals surface area contributed by atoms with Crippen LogP contribution in [0.1, 0.15) is 34.7 Å². The number of carbonyl (C=O) groups is 1. The number of amides is 1. The van der Waals surface area contributed by atoms with Gasteiger partial charge in [0.25, 0.3) is 5.91 Å². The van der Waals surface area contributed by atoms with Gasteiger partial charge < -0.3 is 4.90 Å². The van der Waals surface area contributed by atoms with Crippen LogP contribution in [-0.4, -0.2) is 32.8 Å². The van der Waals surface area contributed by atoms with Crippen LogP contribution in [0, 0.1) is 12.7 Å². The highest BCUT2D eigenvalue weighted by atomic mass is 79.9. The highest BCUT2D eigenvalue weighted by molar-refractivity contribution is 9.10. The predicted octanol–water partition coefficient (Wildman–Crippen LogP) is 4.31. The summed E-state index contributed by atoms with van der Waals surface area (Å²) in [5, 5.41) is 8.20. The van der Waals surface area contributed by atoms with Crippen molar-refractivity contribution in [2.24, 2.45) is 0 Å². The molecule has 0 radical (unpaired) electrons. The van der Waals surface area contributed by atoms with Gasteiger partial charge in [-0.2, -0.15) is 0 Å². The molecule has 0 aliphatic heterocycles. The van der Waals surface area contributed by atoms with Crippen LogP contribution >= 0.6 is 15.9 Å². The summed E-state index contributed by atoms with van der Waals surface area (Å²) in [4.78, 5) is 14.5. The van der Waals surface area contributed by atoms with E-state index in [-0.39, 0.29) is 17.8 Å². The molecule has 26 heavy (non-hydrogen) atoms. The zero-order valence-corrected chi connectivity index (χ0v) is 16.2. The number of benzene rings is 2. The number of hydrogen-bond acceptors (Lipinski definition) is 3. The minimum absolute atomic E-state index is 0.224. The maximum atomic E-state index is 13.1. The van der Waals surface area contributed by atoms with E-state index in [2.05, 4.69) is 26.2 Å². The average molecular weight is 417 g/mol. The number of rotatable bonds is 4. The second-order valence-corrected chi connectivity index (χ2v) is 6.97. The quantitative estimate of drug-likeness (QED) is 0.636. The molecule has 0 aliphatic rings. The first kappa shape index (κ1) is 18.3. The molecule has 0 N–H and O–H groups in total. The SMILES string of the molecule is Cc1c(C(=O)N(C)C(C)c2ccc(F)cc2)nnn1-c1cccc(Br)c1. The van der Waals surface area contributed by atoms with E-state index in [0.29, 0.717) is 11.4 Å². The Morgan fingerprint density at radius 2 is 1.92 bits per heavy atom. The van der Waals surface area contributed by atoms with Gasteiger partial charge in [0.2, 0.25) is 0 Å². The van der Waals surface area contributed by atoms with Crippen LogP contribution in [-0.2, 0) is 0 Å². The lowest BCUT2D eigenvalue weighted by atomic mass is 10.1. The fourth-order valence-corrected chi connectivity index (χ4v) is 3.07. The van der Waals surface area contributed by atoms with E-state index >= 15 is 0 Å². The fraction of sp³-hybridized carbons (Fsp3) is 0.211. The Morgan fingerprint density at radius 3 is 2.58 bits per heavy atom. The molecule has 0 fully saturated rings. The summed E-state index contributed by atoms with van der Waals surface area (Å²) < 4.78 is 15.7. The van der Waals surface area contributed by atoms with Gasteiger partial charge in [-0.25, -0.2) is 9.07 Å². The van der Waals surface area contributed by atoms with E-state index in [1.54, 1.807) is 28.8 Å². The van der Waals surface area contributed by atoms with Gasteiger partial charge in [-0.1, -0.05) is 39.3 Å². The molecule has 3 aromatic rings. The summed E-state index contributed by atoms with van der Waals surface area (Å²) in [6, 6.07) is 13.5. The largest absolute Gasteiger partial charge is 0.333 e. The van der Waals surface area contributed by atoms with E-state index in [1.807, 2.05) is 38.1 Å². The van der Waals surface area contributed by atoms with E-state index in [4.69, 9.17) is 0 Å². The molecule has 0 spiro atoms. The number of nitrogens with zero attached hydrogens (tertiary/aromatic N) is 4. The van der Waals surface area contributed by atoms with Crippen LogP contribution in [0.25, 0.3) is 5.69 Å². The first-order valence-corrected chi connectivity index (χ1v) is 8.88. The van der Waals surface area contributed by atoms with Crippen molar-refractivity contribution in [3.05, 3.63) is 75.8 Å². The molecular formula is C19H18BrFN4O. The van der Waals surface area contributed by atoms with Gasteiger partial charge in [0.05, 0.1) is 17.4 Å². The number of carbonyl (C=O) groups excluding carboxylic acids is 1. The van der Waals surface area contributed by atoms with E-state index < -0.39 is 0 Å². The van der Waals surface area contributed by atoms with Crippen molar-refractivity contribution in [3.8, 4) is 5.69 Å². The molecule has 1 atom stereocenters. The van der Waals surface area contributed by atoms with Crippen molar-refractivity contribution in [3.63, 3.8) is 0 Å². The van der Waals surface area contributed by atoms with Crippen molar-refractivity contribution >= 4 is 21.8 Å². The third kappa shape index (κ3) is 3.53. The zero-order valence-electron chi connectivity index (χ0n) is 14.6. The van der Waals surface area contributed by atoms with Crippen molar-refractivity contribution in [2.45, 2.75) is 19.9 Å². The second kappa shape index (κ2) is 7.37. The first-order chi connectivity index (χ1) is 12.4. The summed E-state index contributed by atoms with van der Waals surface area (Å²) in [5.41, 5.74) is 2.62. The molecule has 134 valence electrons. The number of aromatic nitrogens is 3. The Kier molecular flexibility index (Phi) is 5.18. The summed E-state index contributed by atoms with van der Waals surface area (Å²) in [6.07, 6.45) is 0. The number of hydrogen-bond donors (Lipinski definition) is 0. The highest BCUT2D eigenvalue weighted by Gasteiger charge is 2.24. The molecule has 0 bridgehead atoms. The van der Waals surface area contributed by atoms with Crippen LogP contribution in [0.3, 0.4) is 0 Å². The molecule has 1 heterocycles. The molecule has 0 saturated heterocycles. The minimum Gasteiger partial charge on any atom is -0.333 e. The van der Waals surface area contributed by atoms with Gasteiger partial charge in [0.15, 0.2) is 5.69 Å². The molecule has 7 heteroatoms. The smallest absolute Gasteiger partial charge is 0.276 e. The minimum atomic E-state index is -0.303. The number of halogens is 2. The molecular weight excluding hydrogens is 399 g/mol. The van der Waals surface area contributed by atoms with Crippen LogP contribution in [0.2, 0.25) is 0 Å². The van der Waals surface area contributed by atoms with Crippen LogP contribution < -0.4 is 0 Å². The Bertz CT molecular complexity index is 939. The predicted molar refractivity (Wildman–Crippen MR) is 101 cm³/mol. The summed E-state index contributed by atoms with van der Waals surface area (Å²) in [6.45, 7) is 3.70. The van der Waals surface area contributed by atoms with Crippen molar-refractivity contribution in [1.29, 1.82) is 0 Å². The van der Waals surface area contributed by atoms with Gasteiger partial charge >= 0.3 is 0 Å². The highest BCUT2D eigenvalue weighted by Crippen LogP contribution is 2.22. The lowest BCUT2D eigenvalue weighted by Gasteiger charge is -2.24. The van der Waals surface area contributed by atoms with Crippen LogP contribution in [0.5, 0.6) is 0 Å². The molecule has 1 aromatic heterocycles. The van der Waals surface area contributed by atoms with Crippen molar-refractivity contribution < 1.29 is 9.18 Å². The molecule has 1 amide bonds. The van der Waals surface area contributed by atoms with E-state index in [1.165, 1.54) is 12.1 Å². The second-order valence-electron chi connectivity index (χ2n) is 6.06. The van der Waals surface area contributed by atoms with Gasteiger partial charge in [0, 0.05) is 11.5 Å². The van der Waals surface area contributed by atoms with Crippen LogP contribution in [0.4, 0.5) is 4.39 Å². The molecule has 2 aromatic carbocycles. The maximum Gasteiger partial charge on any atom is 0.276 e. The average Bonchev–Trinajstić information content (AvgIpc) is 3.02. The monoisotopic (exact) mass is 416 g/mol. The molecule has 0 saturated carbocycles. The van der Waals surface area contributed by atoms with E-state index in [0.717, 1.165) is 15.7 Å². The third-order valence-corrected chi connectivity index (χ3v) is 4.90. The Balaban J connectivity index is 1.87. The molecule has 1 unspecified atom stereocenters. The van der Waals surface area contributed by atoms with Gasteiger partial charge in [-0.05, 0) is 49.7 Å². The van der Waals surface area contributed by atoms with Gasteiger partial charge in [-0.15, -0.1) is 5.10 Å². The van der Waals surface area contributed by atoms with Crippen molar-refractivity contribution in [2.75, 3.05) is 7.05 Å². The fourth-order valence-electron chi connectivity index (χ4n) is 2.69. The van der Waals surface area contributed by atoms with Gasteiger partial charge in [0.1, 0.15) is 5.82 Å².